The van der Waals surface area contributed by atoms with E-state index < -0.39 is 0 Å². The van der Waals surface area contributed by atoms with Gasteiger partial charge in [0.2, 0.25) is 5.91 Å². The summed E-state index contributed by atoms with van der Waals surface area (Å²) in [6.07, 6.45) is 7.16. The summed E-state index contributed by atoms with van der Waals surface area (Å²) in [6, 6.07) is 5.01. The van der Waals surface area contributed by atoms with Crippen molar-refractivity contribution in [2.75, 3.05) is 19.6 Å². The number of aryl methyl sites for hydroxylation is 1. The monoisotopic (exact) mass is 301 g/mol. The largest absolute Gasteiger partial charge is 0.338 e. The Labute approximate surface area is 133 Å². The van der Waals surface area contributed by atoms with Crippen LogP contribution in [-0.4, -0.2) is 52.4 Å². The Morgan fingerprint density at radius 2 is 2.00 bits per heavy atom. The molecule has 1 aromatic heterocycles. The van der Waals surface area contributed by atoms with E-state index in [1.54, 1.807) is 0 Å². The molecule has 1 amide bonds. The number of likely N-dealkylation sites (tertiary alicyclic amines) is 2. The van der Waals surface area contributed by atoms with Crippen molar-refractivity contribution >= 4 is 5.91 Å². The molecule has 0 aromatic carbocycles. The number of amides is 1. The SMILES string of the molecule is CCN1CCC[C@@H]1[C@H]1CCCN1C(=O)Cc1ccc(C)nc1. The number of nitrogens with zero attached hydrogens (tertiary/aromatic N) is 3. The standard InChI is InChI=1S/C18H27N3O/c1-3-20-10-4-6-16(20)17-7-5-11-21(17)18(22)12-15-9-8-14(2)19-13-15/h8-9,13,16-17H,3-7,10-12H2,1-2H3/t16-,17-/m1/s1. The van der Waals surface area contributed by atoms with Crippen LogP contribution >= 0.6 is 0 Å². The van der Waals surface area contributed by atoms with Crippen LogP contribution in [0.25, 0.3) is 0 Å². The van der Waals surface area contributed by atoms with Crippen LogP contribution in [0.5, 0.6) is 0 Å². The Hall–Kier alpha value is -1.42. The lowest BCUT2D eigenvalue weighted by molar-refractivity contribution is -0.132. The summed E-state index contributed by atoms with van der Waals surface area (Å²) in [7, 11) is 0. The smallest absolute Gasteiger partial charge is 0.227 e. The van der Waals surface area contributed by atoms with Gasteiger partial charge in [0.15, 0.2) is 0 Å². The van der Waals surface area contributed by atoms with Crippen molar-refractivity contribution in [3.8, 4) is 0 Å². The van der Waals surface area contributed by atoms with Gasteiger partial charge in [0.05, 0.1) is 6.42 Å². The molecule has 2 fully saturated rings. The molecule has 0 radical (unpaired) electrons. The molecule has 0 unspecified atom stereocenters. The molecule has 4 heteroatoms. The maximum absolute atomic E-state index is 12.7. The second-order valence-electron chi connectivity index (χ2n) is 6.62. The molecule has 1 aromatic rings. The summed E-state index contributed by atoms with van der Waals surface area (Å²) >= 11 is 0. The normalized spacial score (nSPS) is 25.8. The zero-order valence-corrected chi connectivity index (χ0v) is 13.8. The molecule has 0 aliphatic carbocycles. The van der Waals surface area contributed by atoms with Gasteiger partial charge < -0.3 is 4.90 Å². The van der Waals surface area contributed by atoms with Crippen molar-refractivity contribution in [3.05, 3.63) is 29.6 Å². The highest BCUT2D eigenvalue weighted by Crippen LogP contribution is 2.30. The lowest BCUT2D eigenvalue weighted by Crippen LogP contribution is -2.48. The van der Waals surface area contributed by atoms with E-state index in [4.69, 9.17) is 0 Å². The topological polar surface area (TPSA) is 36.4 Å². The molecule has 3 rings (SSSR count). The van der Waals surface area contributed by atoms with Crippen molar-refractivity contribution in [1.82, 2.24) is 14.8 Å². The number of rotatable bonds is 4. The minimum absolute atomic E-state index is 0.274. The van der Waals surface area contributed by atoms with Crippen molar-refractivity contribution in [2.24, 2.45) is 0 Å². The van der Waals surface area contributed by atoms with Gasteiger partial charge in [0.25, 0.3) is 0 Å². The van der Waals surface area contributed by atoms with Crippen molar-refractivity contribution in [3.63, 3.8) is 0 Å². The van der Waals surface area contributed by atoms with Gasteiger partial charge in [-0.2, -0.15) is 0 Å². The van der Waals surface area contributed by atoms with Crippen molar-refractivity contribution in [2.45, 2.75) is 58.0 Å². The molecule has 2 saturated heterocycles. The highest BCUT2D eigenvalue weighted by atomic mass is 16.2. The third-order valence-electron chi connectivity index (χ3n) is 5.21. The second kappa shape index (κ2) is 6.78. The van der Waals surface area contributed by atoms with Crippen molar-refractivity contribution in [1.29, 1.82) is 0 Å². The van der Waals surface area contributed by atoms with Crippen LogP contribution in [0, 0.1) is 6.92 Å². The Kier molecular flexibility index (Phi) is 4.77. The zero-order valence-electron chi connectivity index (χ0n) is 13.8. The number of aromatic nitrogens is 1. The molecular weight excluding hydrogens is 274 g/mol. The molecule has 4 nitrogen and oxygen atoms in total. The molecule has 3 heterocycles. The van der Waals surface area contributed by atoms with Crippen LogP contribution in [0.15, 0.2) is 18.3 Å². The van der Waals surface area contributed by atoms with Gasteiger partial charge in [-0.1, -0.05) is 13.0 Å². The van der Waals surface area contributed by atoms with Crippen LogP contribution in [0.1, 0.15) is 43.9 Å². The number of carbonyl (C=O) groups is 1. The second-order valence-corrected chi connectivity index (χ2v) is 6.62. The molecule has 22 heavy (non-hydrogen) atoms. The lowest BCUT2D eigenvalue weighted by atomic mass is 10.0. The van der Waals surface area contributed by atoms with E-state index in [0.717, 1.165) is 30.8 Å². The van der Waals surface area contributed by atoms with Crippen LogP contribution in [0.2, 0.25) is 0 Å². The van der Waals surface area contributed by atoms with Gasteiger partial charge in [0.1, 0.15) is 0 Å². The molecule has 0 spiro atoms. The number of likely N-dealkylation sites (N-methyl/N-ethyl adjacent to an activating group) is 1. The zero-order chi connectivity index (χ0) is 15.5. The molecule has 2 aliphatic rings. The predicted octanol–water partition coefficient (Wildman–Crippen LogP) is 2.41. The summed E-state index contributed by atoms with van der Waals surface area (Å²) in [6.45, 7) is 7.43. The van der Waals surface area contributed by atoms with Gasteiger partial charge in [-0.25, -0.2) is 0 Å². The van der Waals surface area contributed by atoms with E-state index in [2.05, 4.69) is 21.7 Å². The Balaban J connectivity index is 1.67. The van der Waals surface area contributed by atoms with Crippen molar-refractivity contribution < 1.29 is 4.79 Å². The summed E-state index contributed by atoms with van der Waals surface area (Å²) in [5, 5.41) is 0. The molecular formula is C18H27N3O. The molecule has 2 aliphatic heterocycles. The van der Waals surface area contributed by atoms with E-state index in [9.17, 15) is 4.79 Å². The molecule has 0 saturated carbocycles. The highest BCUT2D eigenvalue weighted by Gasteiger charge is 2.38. The minimum atomic E-state index is 0.274. The first-order chi connectivity index (χ1) is 10.7. The average Bonchev–Trinajstić information content (AvgIpc) is 3.17. The third kappa shape index (κ3) is 3.17. The van der Waals surface area contributed by atoms with Crippen LogP contribution in [0.3, 0.4) is 0 Å². The van der Waals surface area contributed by atoms with Gasteiger partial charge >= 0.3 is 0 Å². The Morgan fingerprint density at radius 3 is 2.73 bits per heavy atom. The summed E-state index contributed by atoms with van der Waals surface area (Å²) in [4.78, 5) is 21.8. The van der Waals surface area contributed by atoms with E-state index in [-0.39, 0.29) is 5.91 Å². The van der Waals surface area contributed by atoms with E-state index in [0.29, 0.717) is 18.5 Å². The number of carbonyl (C=O) groups excluding carboxylic acids is 1. The van der Waals surface area contributed by atoms with Crippen LogP contribution in [-0.2, 0) is 11.2 Å². The first-order valence-corrected chi connectivity index (χ1v) is 8.64. The Bertz CT molecular complexity index is 514. The number of hydrogen-bond acceptors (Lipinski definition) is 3. The lowest BCUT2D eigenvalue weighted by Gasteiger charge is -2.34. The minimum Gasteiger partial charge on any atom is -0.338 e. The first kappa shape index (κ1) is 15.5. The molecule has 0 bridgehead atoms. The first-order valence-electron chi connectivity index (χ1n) is 8.64. The number of hydrogen-bond donors (Lipinski definition) is 0. The number of pyridine rings is 1. The maximum atomic E-state index is 12.7. The summed E-state index contributed by atoms with van der Waals surface area (Å²) in [5.74, 6) is 0.274. The molecule has 2 atom stereocenters. The molecule has 120 valence electrons. The molecule has 0 N–H and O–H groups in total. The van der Waals surface area contributed by atoms with E-state index in [1.165, 1.54) is 25.8 Å². The van der Waals surface area contributed by atoms with Gasteiger partial charge in [0, 0.05) is 30.5 Å². The maximum Gasteiger partial charge on any atom is 0.227 e. The van der Waals surface area contributed by atoms with E-state index >= 15 is 0 Å². The van der Waals surface area contributed by atoms with E-state index in [1.807, 2.05) is 25.3 Å². The van der Waals surface area contributed by atoms with Gasteiger partial charge in [-0.05, 0) is 57.3 Å². The van der Waals surface area contributed by atoms with Gasteiger partial charge in [-0.3, -0.25) is 14.7 Å². The predicted molar refractivity (Wildman–Crippen MR) is 87.7 cm³/mol. The third-order valence-corrected chi connectivity index (χ3v) is 5.21. The fraction of sp³-hybridized carbons (Fsp3) is 0.667. The van der Waals surface area contributed by atoms with Crippen LogP contribution in [0.4, 0.5) is 0 Å². The summed E-state index contributed by atoms with van der Waals surface area (Å²) in [5.41, 5.74) is 2.03. The van der Waals surface area contributed by atoms with Crippen LogP contribution < -0.4 is 0 Å². The van der Waals surface area contributed by atoms with Gasteiger partial charge in [-0.15, -0.1) is 0 Å². The summed E-state index contributed by atoms with van der Waals surface area (Å²) < 4.78 is 0. The quantitative estimate of drug-likeness (QED) is 0.857. The fourth-order valence-electron chi connectivity index (χ4n) is 4.06. The Morgan fingerprint density at radius 1 is 1.23 bits per heavy atom. The highest BCUT2D eigenvalue weighted by molar-refractivity contribution is 5.79. The fourth-order valence-corrected chi connectivity index (χ4v) is 4.06. The average molecular weight is 301 g/mol.